The van der Waals surface area contributed by atoms with Crippen LogP contribution in [0.4, 0.5) is 0 Å². The van der Waals surface area contributed by atoms with Gasteiger partial charge in [0.1, 0.15) is 12.0 Å². The maximum Gasteiger partial charge on any atom is 0.236 e. The van der Waals surface area contributed by atoms with Gasteiger partial charge in [-0.15, -0.1) is 11.3 Å². The summed E-state index contributed by atoms with van der Waals surface area (Å²) in [4.78, 5) is 10.1. The fourth-order valence-electron chi connectivity index (χ4n) is 2.54. The Hall–Kier alpha value is -2.60. The lowest BCUT2D eigenvalue weighted by Gasteiger charge is -2.10. The van der Waals surface area contributed by atoms with Gasteiger partial charge in [0.2, 0.25) is 5.89 Å². The van der Waals surface area contributed by atoms with Crippen LogP contribution in [-0.4, -0.2) is 24.0 Å². The normalized spacial score (nSPS) is 11.5. The maximum absolute atomic E-state index is 5.54. The number of guanidine groups is 1. The van der Waals surface area contributed by atoms with Crippen LogP contribution in [0.15, 0.2) is 63.5 Å². The molecule has 0 atom stereocenters. The van der Waals surface area contributed by atoms with Crippen LogP contribution in [0.25, 0.3) is 10.8 Å². The molecule has 3 aromatic rings. The Balaban J connectivity index is 1.49. The zero-order chi connectivity index (χ0) is 18.0. The molecule has 6 heteroatoms. The molecule has 0 spiro atoms. The molecule has 0 aliphatic heterocycles. The summed E-state index contributed by atoms with van der Waals surface area (Å²) in [6, 6.07) is 14.5. The molecule has 0 aliphatic carbocycles. The molecule has 0 bridgehead atoms. The van der Waals surface area contributed by atoms with Crippen molar-refractivity contribution in [3.8, 4) is 10.8 Å². The van der Waals surface area contributed by atoms with E-state index >= 15 is 0 Å². The van der Waals surface area contributed by atoms with E-state index in [1.807, 2.05) is 23.6 Å². The zero-order valence-corrected chi connectivity index (χ0v) is 15.8. The molecular weight excluding hydrogens is 344 g/mol. The van der Waals surface area contributed by atoms with Crippen LogP contribution in [0.2, 0.25) is 0 Å². The number of rotatable bonds is 8. The molecule has 5 nitrogen and oxygen atoms in total. The van der Waals surface area contributed by atoms with Gasteiger partial charge >= 0.3 is 0 Å². The van der Waals surface area contributed by atoms with Gasteiger partial charge in [-0.3, -0.25) is 0 Å². The van der Waals surface area contributed by atoms with Gasteiger partial charge < -0.3 is 15.1 Å². The number of aromatic nitrogens is 1. The van der Waals surface area contributed by atoms with E-state index in [4.69, 9.17) is 4.42 Å². The number of thiophene rings is 1. The van der Waals surface area contributed by atoms with E-state index in [0.717, 1.165) is 42.5 Å². The third kappa shape index (κ3) is 5.46. The van der Waals surface area contributed by atoms with Crippen molar-refractivity contribution in [2.75, 3.05) is 13.1 Å². The summed E-state index contributed by atoms with van der Waals surface area (Å²) in [6.07, 6.45) is 3.79. The SMILES string of the molecule is CCNC(=NCc1coc(-c2cccs2)n1)NCCCc1ccccc1. The van der Waals surface area contributed by atoms with Gasteiger partial charge in [0.25, 0.3) is 0 Å². The van der Waals surface area contributed by atoms with Crippen LogP contribution in [0.5, 0.6) is 0 Å². The molecule has 2 aromatic heterocycles. The van der Waals surface area contributed by atoms with Crippen LogP contribution >= 0.6 is 11.3 Å². The van der Waals surface area contributed by atoms with Gasteiger partial charge in [-0.05, 0) is 36.8 Å². The second-order valence-corrected chi connectivity index (χ2v) is 6.78. The van der Waals surface area contributed by atoms with Gasteiger partial charge in [0, 0.05) is 13.1 Å². The number of nitrogens with one attached hydrogen (secondary N) is 2. The summed E-state index contributed by atoms with van der Waals surface area (Å²) in [7, 11) is 0. The van der Waals surface area contributed by atoms with Crippen LogP contribution in [-0.2, 0) is 13.0 Å². The average Bonchev–Trinajstić information content (AvgIpc) is 3.35. The van der Waals surface area contributed by atoms with Crippen molar-refractivity contribution < 1.29 is 4.42 Å². The Morgan fingerprint density at radius 1 is 1.15 bits per heavy atom. The predicted molar refractivity (Wildman–Crippen MR) is 107 cm³/mol. The van der Waals surface area contributed by atoms with E-state index in [1.165, 1.54) is 5.56 Å². The first-order valence-electron chi connectivity index (χ1n) is 8.89. The van der Waals surface area contributed by atoms with Crippen molar-refractivity contribution >= 4 is 17.3 Å². The Morgan fingerprint density at radius 3 is 2.81 bits per heavy atom. The van der Waals surface area contributed by atoms with E-state index in [9.17, 15) is 0 Å². The number of benzene rings is 1. The van der Waals surface area contributed by atoms with E-state index in [2.05, 4.69) is 51.8 Å². The highest BCUT2D eigenvalue weighted by Crippen LogP contribution is 2.23. The zero-order valence-electron chi connectivity index (χ0n) is 14.9. The summed E-state index contributed by atoms with van der Waals surface area (Å²) < 4.78 is 5.54. The van der Waals surface area contributed by atoms with E-state index < -0.39 is 0 Å². The number of nitrogens with zero attached hydrogens (tertiary/aromatic N) is 2. The smallest absolute Gasteiger partial charge is 0.236 e. The first-order valence-corrected chi connectivity index (χ1v) is 9.77. The van der Waals surface area contributed by atoms with E-state index in [-0.39, 0.29) is 0 Å². The summed E-state index contributed by atoms with van der Waals surface area (Å²) in [6.45, 7) is 4.25. The van der Waals surface area contributed by atoms with Crippen molar-refractivity contribution in [1.29, 1.82) is 0 Å². The van der Waals surface area contributed by atoms with Crippen LogP contribution < -0.4 is 10.6 Å². The van der Waals surface area contributed by atoms with E-state index in [1.54, 1.807) is 17.6 Å². The first kappa shape index (κ1) is 18.2. The molecule has 0 fully saturated rings. The summed E-state index contributed by atoms with van der Waals surface area (Å²) >= 11 is 1.62. The largest absolute Gasteiger partial charge is 0.443 e. The van der Waals surface area contributed by atoms with Crippen LogP contribution in [0.1, 0.15) is 24.6 Å². The molecule has 0 saturated heterocycles. The van der Waals surface area contributed by atoms with Crippen LogP contribution in [0, 0.1) is 0 Å². The fraction of sp³-hybridized carbons (Fsp3) is 0.300. The molecule has 0 unspecified atom stereocenters. The van der Waals surface area contributed by atoms with Crippen molar-refractivity contribution in [2.24, 2.45) is 4.99 Å². The highest BCUT2D eigenvalue weighted by atomic mass is 32.1. The molecular formula is C20H24N4OS. The molecule has 0 saturated carbocycles. The molecule has 3 rings (SSSR count). The molecule has 0 aliphatic rings. The first-order chi connectivity index (χ1) is 12.8. The van der Waals surface area contributed by atoms with Crippen molar-refractivity contribution in [3.05, 3.63) is 65.4 Å². The lowest BCUT2D eigenvalue weighted by molar-refractivity contribution is 0.574. The number of hydrogen-bond donors (Lipinski definition) is 2. The van der Waals surface area contributed by atoms with Crippen molar-refractivity contribution in [2.45, 2.75) is 26.3 Å². The fourth-order valence-corrected chi connectivity index (χ4v) is 3.19. The number of aryl methyl sites for hydroxylation is 1. The minimum Gasteiger partial charge on any atom is -0.443 e. The quantitative estimate of drug-likeness (QED) is 0.357. The number of aliphatic imine (C=N–C) groups is 1. The van der Waals surface area contributed by atoms with Gasteiger partial charge in [-0.1, -0.05) is 36.4 Å². The molecule has 2 heterocycles. The Bertz CT molecular complexity index is 796. The number of hydrogen-bond acceptors (Lipinski definition) is 4. The molecule has 26 heavy (non-hydrogen) atoms. The van der Waals surface area contributed by atoms with Gasteiger partial charge in [-0.2, -0.15) is 0 Å². The maximum atomic E-state index is 5.54. The lowest BCUT2D eigenvalue weighted by atomic mass is 10.1. The monoisotopic (exact) mass is 368 g/mol. The third-order valence-corrected chi connectivity index (χ3v) is 4.66. The van der Waals surface area contributed by atoms with Crippen molar-refractivity contribution in [3.63, 3.8) is 0 Å². The van der Waals surface area contributed by atoms with Crippen LogP contribution in [0.3, 0.4) is 0 Å². The topological polar surface area (TPSA) is 62.5 Å². The molecule has 2 N–H and O–H groups in total. The lowest BCUT2D eigenvalue weighted by Crippen LogP contribution is -2.37. The molecule has 0 amide bonds. The molecule has 1 aromatic carbocycles. The minimum absolute atomic E-state index is 0.489. The Kier molecular flexibility index (Phi) is 6.84. The second kappa shape index (κ2) is 9.77. The van der Waals surface area contributed by atoms with Crippen molar-refractivity contribution in [1.82, 2.24) is 15.6 Å². The highest BCUT2D eigenvalue weighted by Gasteiger charge is 2.07. The average molecular weight is 369 g/mol. The Morgan fingerprint density at radius 2 is 2.04 bits per heavy atom. The van der Waals surface area contributed by atoms with Gasteiger partial charge in [-0.25, -0.2) is 9.98 Å². The third-order valence-electron chi connectivity index (χ3n) is 3.80. The molecule has 0 radical (unpaired) electrons. The molecule has 136 valence electrons. The van der Waals surface area contributed by atoms with Gasteiger partial charge in [0.15, 0.2) is 5.96 Å². The summed E-state index contributed by atoms with van der Waals surface area (Å²) in [5.74, 6) is 1.47. The predicted octanol–water partition coefficient (Wildman–Crippen LogP) is 4.09. The van der Waals surface area contributed by atoms with Gasteiger partial charge in [0.05, 0.1) is 11.4 Å². The second-order valence-electron chi connectivity index (χ2n) is 5.83. The minimum atomic E-state index is 0.489. The summed E-state index contributed by atoms with van der Waals surface area (Å²) in [5, 5.41) is 8.66. The highest BCUT2D eigenvalue weighted by molar-refractivity contribution is 7.13. The summed E-state index contributed by atoms with van der Waals surface area (Å²) in [5.41, 5.74) is 2.19. The standard InChI is InChI=1S/C20H24N4OS/c1-2-21-20(22-12-6-10-16-8-4-3-5-9-16)23-14-17-15-25-19(24-17)18-11-7-13-26-18/h3-5,7-9,11,13,15H,2,6,10,12,14H2,1H3,(H2,21,22,23). The number of oxazole rings is 1. The van der Waals surface area contributed by atoms with E-state index in [0.29, 0.717) is 12.4 Å². The Labute approximate surface area is 158 Å².